The van der Waals surface area contributed by atoms with Crippen molar-refractivity contribution < 1.29 is 19.6 Å². The van der Waals surface area contributed by atoms with Crippen molar-refractivity contribution in [2.45, 2.75) is 6.92 Å². The number of carboxylic acid groups (broad SMARTS) is 1. The smallest absolute Gasteiger partial charge is 0.342 e. The van der Waals surface area contributed by atoms with Gasteiger partial charge >= 0.3 is 5.97 Å². The van der Waals surface area contributed by atoms with Gasteiger partial charge in [-0.15, -0.1) is 0 Å². The van der Waals surface area contributed by atoms with Crippen LogP contribution < -0.4 is 4.74 Å². The number of hydrogen-bond acceptors (Lipinski definition) is 4. The van der Waals surface area contributed by atoms with Crippen molar-refractivity contribution in [1.82, 2.24) is 0 Å². The molecule has 1 N–H and O–H groups in total. The first kappa shape index (κ1) is 14.5. The Morgan fingerprint density at radius 3 is 2.33 bits per heavy atom. The van der Waals surface area contributed by atoms with Crippen molar-refractivity contribution in [3.63, 3.8) is 0 Å². The third kappa shape index (κ3) is 3.17. The average molecular weight is 287 g/mol. The van der Waals surface area contributed by atoms with Gasteiger partial charge in [0.15, 0.2) is 0 Å². The maximum atomic E-state index is 11.0. The van der Waals surface area contributed by atoms with Crippen molar-refractivity contribution in [3.05, 3.63) is 58.1 Å². The van der Waals surface area contributed by atoms with Crippen molar-refractivity contribution in [2.24, 2.45) is 0 Å². The molecule has 0 heterocycles. The molecule has 0 radical (unpaired) electrons. The van der Waals surface area contributed by atoms with E-state index >= 15 is 0 Å². The molecule has 0 saturated heterocycles. The van der Waals surface area contributed by atoms with E-state index in [9.17, 15) is 14.9 Å². The largest absolute Gasteiger partial charge is 0.494 e. The van der Waals surface area contributed by atoms with E-state index in [1.165, 1.54) is 12.1 Å². The van der Waals surface area contributed by atoms with E-state index in [2.05, 4.69) is 0 Å². The molecule has 2 rings (SSSR count). The van der Waals surface area contributed by atoms with Crippen LogP contribution in [0, 0.1) is 10.1 Å². The molecule has 0 aliphatic heterocycles. The zero-order valence-electron chi connectivity index (χ0n) is 11.3. The van der Waals surface area contributed by atoms with Crippen LogP contribution in [0.15, 0.2) is 42.5 Å². The molecule has 0 amide bonds. The summed E-state index contributed by atoms with van der Waals surface area (Å²) in [5.74, 6) is -0.613. The number of nitro benzene ring substituents is 1. The summed E-state index contributed by atoms with van der Waals surface area (Å²) in [6, 6.07) is 11.1. The molecule has 0 spiro atoms. The fourth-order valence-corrected chi connectivity index (χ4v) is 1.95. The summed E-state index contributed by atoms with van der Waals surface area (Å²) in [7, 11) is 0. The monoisotopic (exact) mass is 287 g/mol. The summed E-state index contributed by atoms with van der Waals surface area (Å²) in [6.07, 6.45) is 0. The van der Waals surface area contributed by atoms with Gasteiger partial charge in [0.2, 0.25) is 0 Å². The lowest BCUT2D eigenvalue weighted by Crippen LogP contribution is -2.02. The number of carbonyl (C=O) groups is 1. The minimum atomic E-state index is -1.32. The number of nitrogens with zero attached hydrogens (tertiary/aromatic N) is 1. The van der Waals surface area contributed by atoms with Crippen molar-refractivity contribution >= 4 is 11.7 Å². The van der Waals surface area contributed by atoms with Gasteiger partial charge in [0.05, 0.1) is 11.5 Å². The molecule has 0 unspecified atom stereocenters. The quantitative estimate of drug-likeness (QED) is 0.672. The molecular formula is C15H13NO5. The van der Waals surface area contributed by atoms with Crippen LogP contribution in [0.5, 0.6) is 5.75 Å². The highest BCUT2D eigenvalue weighted by Crippen LogP contribution is 2.28. The zero-order valence-corrected chi connectivity index (χ0v) is 11.3. The van der Waals surface area contributed by atoms with Crippen molar-refractivity contribution in [2.75, 3.05) is 6.61 Å². The molecule has 2 aromatic rings. The summed E-state index contributed by atoms with van der Waals surface area (Å²) in [5, 5.41) is 19.9. The van der Waals surface area contributed by atoms with Gasteiger partial charge in [0, 0.05) is 6.07 Å². The Labute approximate surface area is 120 Å². The molecule has 108 valence electrons. The first-order valence-corrected chi connectivity index (χ1v) is 6.28. The maximum Gasteiger partial charge on any atom is 0.342 e. The number of aromatic carboxylic acids is 1. The molecule has 0 aromatic heterocycles. The molecule has 0 atom stereocenters. The number of ether oxygens (including phenoxy) is 1. The molecule has 0 fully saturated rings. The van der Waals surface area contributed by atoms with Crippen LogP contribution in [-0.4, -0.2) is 22.6 Å². The number of carboxylic acids is 1. The highest BCUT2D eigenvalue weighted by molar-refractivity contribution is 5.93. The van der Waals surface area contributed by atoms with Gasteiger partial charge < -0.3 is 9.84 Å². The molecule has 0 saturated carbocycles. The van der Waals surface area contributed by atoms with Gasteiger partial charge in [-0.2, -0.15) is 0 Å². The Balaban J connectivity index is 2.42. The number of rotatable bonds is 5. The molecule has 0 bridgehead atoms. The molecule has 6 heteroatoms. The second-order valence-electron chi connectivity index (χ2n) is 4.25. The van der Waals surface area contributed by atoms with Gasteiger partial charge in [-0.05, 0) is 36.2 Å². The molecule has 0 aliphatic rings. The summed E-state index contributed by atoms with van der Waals surface area (Å²) < 4.78 is 5.32. The molecule has 6 nitrogen and oxygen atoms in total. The second-order valence-corrected chi connectivity index (χ2v) is 4.25. The highest BCUT2D eigenvalue weighted by atomic mass is 16.6. The first-order valence-electron chi connectivity index (χ1n) is 6.28. The van der Waals surface area contributed by atoms with Crippen LogP contribution in [0.25, 0.3) is 11.1 Å². The lowest BCUT2D eigenvalue weighted by molar-refractivity contribution is -0.385. The Bertz CT molecular complexity index is 679. The van der Waals surface area contributed by atoms with E-state index in [0.29, 0.717) is 17.9 Å². The number of benzene rings is 2. The van der Waals surface area contributed by atoms with Crippen LogP contribution >= 0.6 is 0 Å². The van der Waals surface area contributed by atoms with Crippen LogP contribution in [0.3, 0.4) is 0 Å². The first-order chi connectivity index (χ1) is 10.0. The third-order valence-corrected chi connectivity index (χ3v) is 2.92. The lowest BCUT2D eigenvalue weighted by atomic mass is 10.0. The highest BCUT2D eigenvalue weighted by Gasteiger charge is 2.20. The fourth-order valence-electron chi connectivity index (χ4n) is 1.95. The predicted molar refractivity (Wildman–Crippen MR) is 76.7 cm³/mol. The zero-order chi connectivity index (χ0) is 15.4. The van der Waals surface area contributed by atoms with E-state index in [-0.39, 0.29) is 5.56 Å². The van der Waals surface area contributed by atoms with Crippen molar-refractivity contribution in [1.29, 1.82) is 0 Å². The van der Waals surface area contributed by atoms with Gasteiger partial charge in [0.25, 0.3) is 5.69 Å². The Kier molecular flexibility index (Phi) is 4.18. The summed E-state index contributed by atoms with van der Waals surface area (Å²) >= 11 is 0. The minimum Gasteiger partial charge on any atom is -0.494 e. The van der Waals surface area contributed by atoms with Crippen molar-refractivity contribution in [3.8, 4) is 16.9 Å². The molecule has 0 aliphatic carbocycles. The van der Waals surface area contributed by atoms with Crippen LogP contribution in [0.4, 0.5) is 5.69 Å². The second kappa shape index (κ2) is 6.04. The topological polar surface area (TPSA) is 89.7 Å². The number of hydrogen-bond donors (Lipinski definition) is 1. The summed E-state index contributed by atoms with van der Waals surface area (Å²) in [5.41, 5.74) is 0.580. The summed E-state index contributed by atoms with van der Waals surface area (Å²) in [4.78, 5) is 21.2. The van der Waals surface area contributed by atoms with Gasteiger partial charge in [-0.25, -0.2) is 4.79 Å². The van der Waals surface area contributed by atoms with Gasteiger partial charge in [-0.3, -0.25) is 10.1 Å². The standard InChI is InChI=1S/C15H13NO5/c1-2-21-12-6-3-10(4-7-12)11-5-8-13(15(17)18)14(9-11)16(19)20/h3-9H,2H2,1H3,(H,17,18). The Morgan fingerprint density at radius 2 is 1.81 bits per heavy atom. The van der Waals surface area contributed by atoms with Gasteiger partial charge in [-0.1, -0.05) is 18.2 Å². The van der Waals surface area contributed by atoms with E-state index in [0.717, 1.165) is 5.56 Å². The van der Waals surface area contributed by atoms with E-state index in [4.69, 9.17) is 9.84 Å². The minimum absolute atomic E-state index is 0.324. The van der Waals surface area contributed by atoms with Crippen LogP contribution in [-0.2, 0) is 0 Å². The molecular weight excluding hydrogens is 274 g/mol. The van der Waals surface area contributed by atoms with Crippen LogP contribution in [0.2, 0.25) is 0 Å². The Hall–Kier alpha value is -2.89. The van der Waals surface area contributed by atoms with E-state index in [1.54, 1.807) is 30.3 Å². The normalized spacial score (nSPS) is 10.1. The molecule has 2 aromatic carbocycles. The van der Waals surface area contributed by atoms with E-state index < -0.39 is 16.6 Å². The number of nitro groups is 1. The molecule has 21 heavy (non-hydrogen) atoms. The maximum absolute atomic E-state index is 11.0. The SMILES string of the molecule is CCOc1ccc(-c2ccc(C(=O)O)c([N+](=O)[O-])c2)cc1. The Morgan fingerprint density at radius 1 is 1.19 bits per heavy atom. The lowest BCUT2D eigenvalue weighted by Gasteiger charge is -2.06. The summed E-state index contributed by atoms with van der Waals surface area (Å²) in [6.45, 7) is 2.43. The fraction of sp³-hybridized carbons (Fsp3) is 0.133. The van der Waals surface area contributed by atoms with Crippen LogP contribution in [0.1, 0.15) is 17.3 Å². The predicted octanol–water partition coefficient (Wildman–Crippen LogP) is 3.36. The van der Waals surface area contributed by atoms with Gasteiger partial charge in [0.1, 0.15) is 11.3 Å². The van der Waals surface area contributed by atoms with E-state index in [1.807, 2.05) is 6.92 Å². The third-order valence-electron chi connectivity index (χ3n) is 2.92. The average Bonchev–Trinajstić information content (AvgIpc) is 2.47.